The number of halogens is 1. The normalized spacial score (nSPS) is 14.4. The van der Waals surface area contributed by atoms with Crippen LogP contribution in [0.25, 0.3) is 21.9 Å². The summed E-state index contributed by atoms with van der Waals surface area (Å²) in [5.74, 6) is -1.32. The number of carboxylic acid groups (broad SMARTS) is 1. The fourth-order valence-corrected chi connectivity index (χ4v) is 3.13. The van der Waals surface area contributed by atoms with E-state index in [4.69, 9.17) is 16.0 Å². The molecule has 0 saturated carbocycles. The first kappa shape index (κ1) is 14.3. The summed E-state index contributed by atoms with van der Waals surface area (Å²) in [6, 6.07) is 10.1. The molecule has 1 atom stereocenters. The predicted molar refractivity (Wildman–Crippen MR) is 83.8 cm³/mol. The summed E-state index contributed by atoms with van der Waals surface area (Å²) in [5, 5.41) is 21.6. The maximum Gasteiger partial charge on any atom is 0.351 e. The Morgan fingerprint density at radius 1 is 1.29 bits per heavy atom. The first-order valence-corrected chi connectivity index (χ1v) is 7.70. The Morgan fingerprint density at radius 2 is 2.05 bits per heavy atom. The van der Waals surface area contributed by atoms with Crippen LogP contribution < -0.4 is 0 Å². The van der Waals surface area contributed by atoms with E-state index in [9.17, 15) is 15.0 Å². The summed E-state index contributed by atoms with van der Waals surface area (Å²) in [4.78, 5) is 9.45. The number of aliphatic hydroxyl groups is 1. The zero-order chi connectivity index (χ0) is 15.2. The molecule has 0 spiro atoms. The average Bonchev–Trinajstić information content (AvgIpc) is 2.84. The summed E-state index contributed by atoms with van der Waals surface area (Å²) in [5.41, 5.74) is 1.38. The van der Waals surface area contributed by atoms with Crippen molar-refractivity contribution in [2.24, 2.45) is 0 Å². The molecule has 2 aromatic carbocycles. The van der Waals surface area contributed by atoms with Gasteiger partial charge in [0, 0.05) is 21.4 Å². The standard InChI is InChI=1S/C15H11ClO4S/c1-21-15(19,14(17)18)10-3-2-4-12-13(10)9-7-8(16)5-6-11(9)20-12/h2-7,19H,1H3,(H,17,18). The Kier molecular flexibility index (Phi) is 3.36. The van der Waals surface area contributed by atoms with Crippen molar-refractivity contribution in [3.8, 4) is 0 Å². The molecule has 3 aromatic rings. The molecule has 0 radical (unpaired) electrons. The third kappa shape index (κ3) is 2.09. The second-order valence-corrected chi connectivity index (χ2v) is 6.01. The maximum atomic E-state index is 11.5. The first-order chi connectivity index (χ1) is 9.97. The highest BCUT2D eigenvalue weighted by molar-refractivity contribution is 8.00. The van der Waals surface area contributed by atoms with E-state index in [1.807, 2.05) is 0 Å². The largest absolute Gasteiger partial charge is 0.478 e. The lowest BCUT2D eigenvalue weighted by Gasteiger charge is -2.22. The fourth-order valence-electron chi connectivity index (χ4n) is 2.39. The molecular weight excluding hydrogens is 312 g/mol. The van der Waals surface area contributed by atoms with Crippen molar-refractivity contribution in [1.29, 1.82) is 0 Å². The highest BCUT2D eigenvalue weighted by atomic mass is 35.5. The number of hydrogen-bond donors (Lipinski definition) is 2. The highest BCUT2D eigenvalue weighted by Gasteiger charge is 2.39. The SMILES string of the molecule is CSC(O)(C(=O)O)c1cccc2oc3ccc(Cl)cc3c12. The molecule has 108 valence electrons. The van der Waals surface area contributed by atoms with Crippen molar-refractivity contribution in [1.82, 2.24) is 0 Å². The van der Waals surface area contributed by atoms with E-state index in [-0.39, 0.29) is 5.56 Å². The van der Waals surface area contributed by atoms with Gasteiger partial charge in [0.1, 0.15) is 11.2 Å². The molecule has 2 N–H and O–H groups in total. The van der Waals surface area contributed by atoms with Crippen molar-refractivity contribution in [2.45, 2.75) is 4.93 Å². The molecule has 0 aliphatic rings. The van der Waals surface area contributed by atoms with Gasteiger partial charge in [-0.3, -0.25) is 0 Å². The van der Waals surface area contributed by atoms with Crippen LogP contribution in [0.2, 0.25) is 5.02 Å². The maximum absolute atomic E-state index is 11.5. The molecule has 0 saturated heterocycles. The zero-order valence-electron chi connectivity index (χ0n) is 11.0. The Labute approximate surface area is 129 Å². The predicted octanol–water partition coefficient (Wildman–Crippen LogP) is 3.83. The summed E-state index contributed by atoms with van der Waals surface area (Å²) in [7, 11) is 0. The molecule has 4 nitrogen and oxygen atoms in total. The molecule has 1 aromatic heterocycles. The Morgan fingerprint density at radius 3 is 2.71 bits per heavy atom. The molecule has 0 bridgehead atoms. The van der Waals surface area contributed by atoms with E-state index in [2.05, 4.69) is 0 Å². The van der Waals surface area contributed by atoms with Crippen LogP contribution in [0, 0.1) is 0 Å². The molecular formula is C15H11ClO4S. The van der Waals surface area contributed by atoms with E-state index in [1.165, 1.54) is 0 Å². The van der Waals surface area contributed by atoms with Crippen LogP contribution in [0.3, 0.4) is 0 Å². The Hall–Kier alpha value is -1.69. The Balaban J connectivity index is 2.46. The van der Waals surface area contributed by atoms with E-state index in [0.717, 1.165) is 11.8 Å². The van der Waals surface area contributed by atoms with E-state index in [1.54, 1.807) is 42.7 Å². The van der Waals surface area contributed by atoms with Gasteiger partial charge in [0.15, 0.2) is 0 Å². The Bertz CT molecular complexity index is 857. The van der Waals surface area contributed by atoms with Gasteiger partial charge in [-0.05, 0) is 30.5 Å². The minimum Gasteiger partial charge on any atom is -0.478 e. The van der Waals surface area contributed by atoms with Crippen LogP contribution in [-0.2, 0) is 9.73 Å². The van der Waals surface area contributed by atoms with Gasteiger partial charge < -0.3 is 14.6 Å². The van der Waals surface area contributed by atoms with Gasteiger partial charge in [0.2, 0.25) is 4.93 Å². The summed E-state index contributed by atoms with van der Waals surface area (Å²) in [6.45, 7) is 0. The average molecular weight is 323 g/mol. The van der Waals surface area contributed by atoms with Gasteiger partial charge in [-0.25, -0.2) is 4.79 Å². The third-order valence-corrected chi connectivity index (χ3v) is 4.63. The first-order valence-electron chi connectivity index (χ1n) is 6.09. The molecule has 6 heteroatoms. The second-order valence-electron chi connectivity index (χ2n) is 4.57. The van der Waals surface area contributed by atoms with Crippen LogP contribution >= 0.6 is 23.4 Å². The van der Waals surface area contributed by atoms with Crippen molar-refractivity contribution < 1.29 is 19.4 Å². The van der Waals surface area contributed by atoms with Crippen molar-refractivity contribution in [3.63, 3.8) is 0 Å². The smallest absolute Gasteiger partial charge is 0.351 e. The van der Waals surface area contributed by atoms with E-state index >= 15 is 0 Å². The van der Waals surface area contributed by atoms with Crippen molar-refractivity contribution in [2.75, 3.05) is 6.26 Å². The number of rotatable bonds is 3. The van der Waals surface area contributed by atoms with Gasteiger partial charge in [-0.1, -0.05) is 23.7 Å². The number of benzene rings is 2. The van der Waals surface area contributed by atoms with Crippen LogP contribution in [0.15, 0.2) is 40.8 Å². The molecule has 21 heavy (non-hydrogen) atoms. The van der Waals surface area contributed by atoms with Crippen molar-refractivity contribution >= 4 is 51.3 Å². The van der Waals surface area contributed by atoms with Crippen molar-refractivity contribution in [3.05, 3.63) is 47.0 Å². The topological polar surface area (TPSA) is 70.7 Å². The van der Waals surface area contributed by atoms with Gasteiger partial charge in [-0.2, -0.15) is 0 Å². The third-order valence-electron chi connectivity index (χ3n) is 3.41. The van der Waals surface area contributed by atoms with E-state index in [0.29, 0.717) is 27.0 Å². The van der Waals surface area contributed by atoms with E-state index < -0.39 is 10.9 Å². The number of hydrogen-bond acceptors (Lipinski definition) is 4. The lowest BCUT2D eigenvalue weighted by molar-refractivity contribution is -0.149. The fraction of sp³-hybridized carbons (Fsp3) is 0.133. The minimum atomic E-state index is -2.04. The number of aliphatic carboxylic acids is 1. The molecule has 0 aliphatic heterocycles. The monoisotopic (exact) mass is 322 g/mol. The molecule has 0 fully saturated rings. The van der Waals surface area contributed by atoms with Gasteiger partial charge in [-0.15, -0.1) is 11.8 Å². The molecule has 1 unspecified atom stereocenters. The molecule has 0 aliphatic carbocycles. The molecule has 1 heterocycles. The van der Waals surface area contributed by atoms with Crippen LogP contribution in [0.5, 0.6) is 0 Å². The summed E-state index contributed by atoms with van der Waals surface area (Å²) < 4.78 is 5.70. The lowest BCUT2D eigenvalue weighted by atomic mass is 10.0. The number of thioether (sulfide) groups is 1. The second kappa shape index (κ2) is 4.94. The number of furan rings is 1. The number of carbonyl (C=O) groups is 1. The quantitative estimate of drug-likeness (QED) is 0.717. The summed E-state index contributed by atoms with van der Waals surface area (Å²) >= 11 is 6.86. The van der Waals surface area contributed by atoms with Crippen LogP contribution in [0.1, 0.15) is 5.56 Å². The molecule has 3 rings (SSSR count). The van der Waals surface area contributed by atoms with Gasteiger partial charge in [0.05, 0.1) is 0 Å². The number of carboxylic acids is 1. The highest BCUT2D eigenvalue weighted by Crippen LogP contribution is 2.41. The van der Waals surface area contributed by atoms with Crippen LogP contribution in [-0.4, -0.2) is 22.4 Å². The van der Waals surface area contributed by atoms with Gasteiger partial charge in [0.25, 0.3) is 0 Å². The lowest BCUT2D eigenvalue weighted by Crippen LogP contribution is -2.31. The number of fused-ring (bicyclic) bond motifs is 3. The molecule has 0 amide bonds. The summed E-state index contributed by atoms with van der Waals surface area (Å²) in [6.07, 6.45) is 1.54. The zero-order valence-corrected chi connectivity index (χ0v) is 12.5. The van der Waals surface area contributed by atoms with Crippen LogP contribution in [0.4, 0.5) is 0 Å². The minimum absolute atomic E-state index is 0.279. The van der Waals surface area contributed by atoms with Gasteiger partial charge >= 0.3 is 5.97 Å².